The fraction of sp³-hybridized carbons (Fsp3) is 0.609. The lowest BCUT2D eigenvalue weighted by molar-refractivity contribution is -0.119. The van der Waals surface area contributed by atoms with E-state index in [0.717, 1.165) is 13.1 Å². The second-order valence-corrected chi connectivity index (χ2v) is 11.5. The van der Waals surface area contributed by atoms with Crippen molar-refractivity contribution < 1.29 is 28.2 Å². The van der Waals surface area contributed by atoms with Gasteiger partial charge in [-0.15, -0.1) is 0 Å². The van der Waals surface area contributed by atoms with Crippen LogP contribution in [0.4, 0.5) is 25.4 Å². The molecule has 36 heavy (non-hydrogen) atoms. The summed E-state index contributed by atoms with van der Waals surface area (Å²) in [6, 6.07) is 4.64. The van der Waals surface area contributed by atoms with E-state index >= 15 is 4.39 Å². The normalized spacial score (nSPS) is 23.9. The van der Waals surface area contributed by atoms with Crippen LogP contribution < -0.4 is 20.4 Å². The van der Waals surface area contributed by atoms with Gasteiger partial charge in [0.05, 0.1) is 48.4 Å². The average molecular weight is 542 g/mol. The van der Waals surface area contributed by atoms with Gasteiger partial charge >= 0.3 is 6.09 Å². The molecule has 3 heterocycles. The van der Waals surface area contributed by atoms with Crippen molar-refractivity contribution in [1.29, 1.82) is 0 Å². The van der Waals surface area contributed by atoms with Gasteiger partial charge in [-0.1, -0.05) is 23.5 Å². The Bertz CT molecular complexity index is 967. The average Bonchev–Trinajstić information content (AvgIpc) is 3.24. The molecule has 3 unspecified atom stereocenters. The molecule has 10 nitrogen and oxygen atoms in total. The van der Waals surface area contributed by atoms with E-state index in [9.17, 15) is 14.4 Å². The summed E-state index contributed by atoms with van der Waals surface area (Å²) >= 11 is 2.49. The first-order valence-electron chi connectivity index (χ1n) is 12.0. The molecule has 3 fully saturated rings. The molecule has 4 rings (SSSR count). The summed E-state index contributed by atoms with van der Waals surface area (Å²) in [5.74, 6) is -0.685. The van der Waals surface area contributed by atoms with Crippen molar-refractivity contribution in [2.75, 3.05) is 68.8 Å². The van der Waals surface area contributed by atoms with Crippen LogP contribution in [0, 0.1) is 5.82 Å². The molecule has 3 aliphatic rings. The molecule has 2 amide bonds. The van der Waals surface area contributed by atoms with Crippen molar-refractivity contribution in [1.82, 2.24) is 15.5 Å². The van der Waals surface area contributed by atoms with Gasteiger partial charge in [0.2, 0.25) is 10.4 Å². The van der Waals surface area contributed by atoms with Crippen molar-refractivity contribution in [3.8, 4) is 0 Å². The second kappa shape index (κ2) is 12.5. The quantitative estimate of drug-likeness (QED) is 0.534. The molecule has 2 N–H and O–H groups in total. The van der Waals surface area contributed by atoms with Gasteiger partial charge in [-0.05, 0) is 25.1 Å². The number of carbonyl (C=O) groups excluding carboxylic acids is 3. The minimum absolute atomic E-state index is 0.00487. The molecule has 0 bridgehead atoms. The molecule has 13 heteroatoms. The predicted octanol–water partition coefficient (Wildman–Crippen LogP) is 2.29. The van der Waals surface area contributed by atoms with E-state index in [4.69, 9.17) is 9.47 Å². The van der Waals surface area contributed by atoms with Crippen molar-refractivity contribution in [3.05, 3.63) is 24.0 Å². The summed E-state index contributed by atoms with van der Waals surface area (Å²) < 4.78 is 26.0. The van der Waals surface area contributed by atoms with Gasteiger partial charge in [-0.3, -0.25) is 19.4 Å². The van der Waals surface area contributed by atoms with Crippen molar-refractivity contribution in [2.24, 2.45) is 0 Å². The molecule has 3 saturated heterocycles. The maximum absolute atomic E-state index is 15.3. The zero-order valence-corrected chi connectivity index (χ0v) is 22.0. The Morgan fingerprint density at radius 3 is 2.78 bits per heavy atom. The summed E-state index contributed by atoms with van der Waals surface area (Å²) in [5, 5.41) is 5.71. The zero-order valence-electron chi connectivity index (χ0n) is 20.4. The van der Waals surface area contributed by atoms with Gasteiger partial charge in [-0.2, -0.15) is 0 Å². The van der Waals surface area contributed by atoms with Crippen molar-refractivity contribution >= 4 is 51.3 Å². The molecule has 0 aromatic heterocycles. The number of anilines is 2. The third kappa shape index (κ3) is 6.82. The number of hydrogen-bond donors (Lipinski definition) is 2. The molecule has 1 aromatic carbocycles. The van der Waals surface area contributed by atoms with Crippen LogP contribution in [0.1, 0.15) is 13.8 Å². The van der Waals surface area contributed by atoms with Gasteiger partial charge in [0, 0.05) is 39.6 Å². The molecule has 0 saturated carbocycles. The van der Waals surface area contributed by atoms with E-state index in [-0.39, 0.29) is 34.2 Å². The van der Waals surface area contributed by atoms with Gasteiger partial charge in [-0.25, -0.2) is 9.18 Å². The van der Waals surface area contributed by atoms with Crippen molar-refractivity contribution in [2.45, 2.75) is 30.7 Å². The Balaban J connectivity index is 1.39. The SMILES string of the molecule is CC(=O)NCC1CN(c2ccc(N3CCNCC3SC(=O)SC(C)N3CCOCC3)c(F)c2)C(=O)O1. The Hall–Kier alpha value is -2.06. The highest BCUT2D eigenvalue weighted by molar-refractivity contribution is 8.39. The number of thioether (sulfide) groups is 2. The first-order valence-corrected chi connectivity index (χ1v) is 13.8. The van der Waals surface area contributed by atoms with E-state index < -0.39 is 18.0 Å². The number of cyclic esters (lactones) is 1. The monoisotopic (exact) mass is 541 g/mol. The number of halogens is 1. The Morgan fingerprint density at radius 2 is 2.06 bits per heavy atom. The zero-order chi connectivity index (χ0) is 25.7. The number of ether oxygens (including phenoxy) is 2. The van der Waals surface area contributed by atoms with Crippen LogP contribution in [0.25, 0.3) is 0 Å². The third-order valence-electron chi connectivity index (χ3n) is 6.26. The fourth-order valence-corrected chi connectivity index (χ4v) is 6.73. The van der Waals surface area contributed by atoms with Crippen LogP contribution in [0.5, 0.6) is 0 Å². The molecule has 0 spiro atoms. The molecule has 198 valence electrons. The maximum Gasteiger partial charge on any atom is 0.414 e. The first-order chi connectivity index (χ1) is 17.3. The van der Waals surface area contributed by atoms with E-state index in [1.54, 1.807) is 12.1 Å². The second-order valence-electron chi connectivity index (χ2n) is 8.77. The minimum Gasteiger partial charge on any atom is -0.442 e. The number of nitrogens with zero attached hydrogens (tertiary/aromatic N) is 3. The minimum atomic E-state index is -0.579. The Morgan fingerprint density at radius 1 is 1.28 bits per heavy atom. The Kier molecular flexibility index (Phi) is 9.34. The number of piperazine rings is 1. The van der Waals surface area contributed by atoms with Crippen LogP contribution in [0.3, 0.4) is 0 Å². The van der Waals surface area contributed by atoms with Gasteiger partial charge in [0.25, 0.3) is 0 Å². The van der Waals surface area contributed by atoms with Crippen LogP contribution in [0.15, 0.2) is 18.2 Å². The predicted molar refractivity (Wildman–Crippen MR) is 139 cm³/mol. The first kappa shape index (κ1) is 27.0. The van der Waals surface area contributed by atoms with E-state index in [1.165, 1.54) is 41.4 Å². The maximum atomic E-state index is 15.3. The summed E-state index contributed by atoms with van der Waals surface area (Å²) in [6.45, 7) is 8.56. The van der Waals surface area contributed by atoms with Crippen LogP contribution in [-0.4, -0.2) is 97.2 Å². The highest BCUT2D eigenvalue weighted by Gasteiger charge is 2.34. The van der Waals surface area contributed by atoms with E-state index in [2.05, 4.69) is 15.5 Å². The number of benzene rings is 1. The largest absolute Gasteiger partial charge is 0.442 e. The Labute approximate surface area is 218 Å². The molecule has 0 radical (unpaired) electrons. The van der Waals surface area contributed by atoms with E-state index in [0.29, 0.717) is 44.2 Å². The van der Waals surface area contributed by atoms with Gasteiger partial charge in [0.1, 0.15) is 11.9 Å². The molecular formula is C23H32FN5O5S2. The molecular weight excluding hydrogens is 509 g/mol. The smallest absolute Gasteiger partial charge is 0.414 e. The number of nitrogens with one attached hydrogen (secondary N) is 2. The molecule has 0 aliphatic carbocycles. The standard InChI is InChI=1S/C23H32FN5O5S2/c1-15(30)26-12-18-14-29(22(31)34-18)17-3-4-20(19(24)11-17)28-6-5-25-13-21(28)36-23(32)35-16(2)27-7-9-33-10-8-27/h3-4,11,16,18,21,25H,5-10,12-14H2,1-2H3,(H,26,30). The third-order valence-corrected chi connectivity index (χ3v) is 8.55. The van der Waals surface area contributed by atoms with Crippen molar-refractivity contribution in [3.63, 3.8) is 0 Å². The number of carbonyl (C=O) groups is 3. The summed E-state index contributed by atoms with van der Waals surface area (Å²) in [4.78, 5) is 41.8. The topological polar surface area (TPSA) is 103 Å². The van der Waals surface area contributed by atoms with Crippen LogP contribution in [0.2, 0.25) is 0 Å². The number of hydrogen-bond acceptors (Lipinski definition) is 10. The van der Waals surface area contributed by atoms with Crippen LogP contribution >= 0.6 is 23.5 Å². The van der Waals surface area contributed by atoms with Gasteiger partial charge < -0.3 is 25.0 Å². The molecule has 3 atom stereocenters. The number of morpholine rings is 1. The lowest BCUT2D eigenvalue weighted by Gasteiger charge is -2.37. The van der Waals surface area contributed by atoms with Crippen LogP contribution in [-0.2, 0) is 14.3 Å². The highest BCUT2D eigenvalue weighted by atomic mass is 32.2. The fourth-order valence-electron chi connectivity index (χ4n) is 4.35. The molecule has 3 aliphatic heterocycles. The summed E-state index contributed by atoms with van der Waals surface area (Å²) in [7, 11) is 0. The molecule has 1 aromatic rings. The summed E-state index contributed by atoms with van der Waals surface area (Å²) in [5.41, 5.74) is 0.774. The lowest BCUT2D eigenvalue weighted by atomic mass is 10.2. The highest BCUT2D eigenvalue weighted by Crippen LogP contribution is 2.34. The van der Waals surface area contributed by atoms with Gasteiger partial charge in [0.15, 0.2) is 0 Å². The lowest BCUT2D eigenvalue weighted by Crippen LogP contribution is -2.50. The van der Waals surface area contributed by atoms with E-state index in [1.807, 2.05) is 11.8 Å². The number of amides is 2. The number of rotatable bonds is 7. The summed E-state index contributed by atoms with van der Waals surface area (Å²) in [6.07, 6.45) is -1.08.